The van der Waals surface area contributed by atoms with Crippen LogP contribution in [0.2, 0.25) is 0 Å². The summed E-state index contributed by atoms with van der Waals surface area (Å²) in [5, 5.41) is 4.37. The number of anilines is 2. The zero-order valence-electron chi connectivity index (χ0n) is 17.8. The minimum atomic E-state index is -0.392. The van der Waals surface area contributed by atoms with Gasteiger partial charge in [0, 0.05) is 30.4 Å². The molecule has 10 heteroatoms. The Morgan fingerprint density at radius 1 is 1.09 bits per heavy atom. The van der Waals surface area contributed by atoms with Crippen LogP contribution in [-0.2, 0) is 13.5 Å². The molecule has 1 aliphatic heterocycles. The van der Waals surface area contributed by atoms with Crippen LogP contribution < -0.4 is 21.3 Å². The van der Waals surface area contributed by atoms with Gasteiger partial charge in [-0.3, -0.25) is 34.9 Å². The lowest BCUT2D eigenvalue weighted by molar-refractivity contribution is 0.0961. The molecule has 0 radical (unpaired) electrons. The number of benzene rings is 2. The maximum atomic E-state index is 13.0. The number of hydrazine groups is 1. The average molecular weight is 443 g/mol. The number of fused-ring (bicyclic) bond motifs is 2. The molecule has 3 heterocycles. The van der Waals surface area contributed by atoms with E-state index in [0.717, 1.165) is 24.1 Å². The molecule has 10 nitrogen and oxygen atoms in total. The molecule has 0 bridgehead atoms. The molecule has 0 atom stereocenters. The standard InChI is InChI=1S/C23H21N7O3/c1-29-19-17(13-24-29)21(32)26-23(25-19)28-27-20(31)16-9-10-18-15(12-16)8-5-11-30(18)22(33)14-6-3-2-4-7-14/h2-4,6-7,9-10,12-13H,5,8,11H2,1H3,(H,27,31)(H2,25,26,28,32). The summed E-state index contributed by atoms with van der Waals surface area (Å²) < 4.78 is 1.48. The molecule has 4 aromatic rings. The second kappa shape index (κ2) is 8.23. The van der Waals surface area contributed by atoms with Crippen molar-refractivity contribution in [2.45, 2.75) is 12.8 Å². The highest BCUT2D eigenvalue weighted by Crippen LogP contribution is 2.29. The molecule has 2 aromatic carbocycles. The van der Waals surface area contributed by atoms with E-state index in [1.165, 1.54) is 10.9 Å². The number of carbonyl (C=O) groups is 2. The fourth-order valence-electron chi connectivity index (χ4n) is 3.97. The predicted molar refractivity (Wildman–Crippen MR) is 123 cm³/mol. The first-order valence-electron chi connectivity index (χ1n) is 10.5. The van der Waals surface area contributed by atoms with Crippen LogP contribution in [-0.4, -0.2) is 38.1 Å². The zero-order chi connectivity index (χ0) is 22.9. The van der Waals surface area contributed by atoms with Crippen molar-refractivity contribution in [3.8, 4) is 0 Å². The van der Waals surface area contributed by atoms with Gasteiger partial charge < -0.3 is 4.90 Å². The van der Waals surface area contributed by atoms with Crippen LogP contribution in [0.3, 0.4) is 0 Å². The zero-order valence-corrected chi connectivity index (χ0v) is 17.8. The van der Waals surface area contributed by atoms with Crippen LogP contribution >= 0.6 is 0 Å². The lowest BCUT2D eigenvalue weighted by Crippen LogP contribution is -2.36. The summed E-state index contributed by atoms with van der Waals surface area (Å²) in [4.78, 5) is 46.4. The van der Waals surface area contributed by atoms with E-state index in [1.54, 1.807) is 42.3 Å². The summed E-state index contributed by atoms with van der Waals surface area (Å²) in [5.74, 6) is -0.352. The second-order valence-electron chi connectivity index (χ2n) is 7.77. The van der Waals surface area contributed by atoms with Gasteiger partial charge in [0.2, 0.25) is 5.95 Å². The molecule has 5 rings (SSSR count). The van der Waals surface area contributed by atoms with Gasteiger partial charge in [0.1, 0.15) is 5.39 Å². The highest BCUT2D eigenvalue weighted by atomic mass is 16.2. The van der Waals surface area contributed by atoms with Gasteiger partial charge in [-0.25, -0.2) is 0 Å². The lowest BCUT2D eigenvalue weighted by atomic mass is 9.98. The lowest BCUT2D eigenvalue weighted by Gasteiger charge is -2.30. The number of H-pyrrole nitrogens is 1. The summed E-state index contributed by atoms with van der Waals surface area (Å²) in [5.41, 5.74) is 8.04. The monoisotopic (exact) mass is 443 g/mol. The largest absolute Gasteiger partial charge is 0.308 e. The van der Waals surface area contributed by atoms with Gasteiger partial charge in [0.15, 0.2) is 5.65 Å². The van der Waals surface area contributed by atoms with Crippen LogP contribution in [0.4, 0.5) is 11.6 Å². The summed E-state index contributed by atoms with van der Waals surface area (Å²) in [6.45, 7) is 0.628. The number of aromatic amines is 1. The van der Waals surface area contributed by atoms with Crippen molar-refractivity contribution < 1.29 is 9.59 Å². The first-order valence-corrected chi connectivity index (χ1v) is 10.5. The first kappa shape index (κ1) is 20.4. The number of hydrogen-bond acceptors (Lipinski definition) is 6. The van der Waals surface area contributed by atoms with Crippen LogP contribution in [0.1, 0.15) is 32.7 Å². The maximum Gasteiger partial charge on any atom is 0.269 e. The third kappa shape index (κ3) is 3.82. The van der Waals surface area contributed by atoms with E-state index in [0.29, 0.717) is 28.7 Å². The Kier molecular flexibility index (Phi) is 5.09. The molecule has 3 N–H and O–H groups in total. The Hall–Kier alpha value is -4.47. The smallest absolute Gasteiger partial charge is 0.269 e. The van der Waals surface area contributed by atoms with Crippen LogP contribution in [0.25, 0.3) is 11.0 Å². The third-order valence-electron chi connectivity index (χ3n) is 5.62. The van der Waals surface area contributed by atoms with Crippen LogP contribution in [0, 0.1) is 0 Å². The molecule has 0 fully saturated rings. The van der Waals surface area contributed by atoms with Gasteiger partial charge in [-0.1, -0.05) is 18.2 Å². The molecule has 0 saturated heterocycles. The number of nitrogens with zero attached hydrogens (tertiary/aromatic N) is 4. The van der Waals surface area contributed by atoms with Gasteiger partial charge in [0.25, 0.3) is 17.4 Å². The molecule has 0 aliphatic carbocycles. The highest BCUT2D eigenvalue weighted by molar-refractivity contribution is 6.07. The molecule has 33 heavy (non-hydrogen) atoms. The summed E-state index contributed by atoms with van der Waals surface area (Å²) in [6.07, 6.45) is 3.02. The SMILES string of the molecule is Cn1ncc2c(=O)[nH]c(NNC(=O)c3ccc4c(c3)CCCN4C(=O)c3ccccc3)nc21. The van der Waals surface area contributed by atoms with E-state index in [4.69, 9.17) is 0 Å². The van der Waals surface area contributed by atoms with Crippen molar-refractivity contribution in [2.24, 2.45) is 7.05 Å². The van der Waals surface area contributed by atoms with E-state index in [2.05, 4.69) is 25.9 Å². The van der Waals surface area contributed by atoms with E-state index in [9.17, 15) is 14.4 Å². The fourth-order valence-corrected chi connectivity index (χ4v) is 3.97. The molecule has 0 unspecified atom stereocenters. The molecule has 0 spiro atoms. The third-order valence-corrected chi connectivity index (χ3v) is 5.62. The first-order chi connectivity index (χ1) is 16.0. The maximum absolute atomic E-state index is 13.0. The summed E-state index contributed by atoms with van der Waals surface area (Å²) >= 11 is 0. The number of hydrogen-bond donors (Lipinski definition) is 3. The van der Waals surface area contributed by atoms with E-state index < -0.39 is 5.91 Å². The number of aryl methyl sites for hydroxylation is 2. The summed E-state index contributed by atoms with van der Waals surface area (Å²) in [6, 6.07) is 14.4. The second-order valence-corrected chi connectivity index (χ2v) is 7.77. The normalized spacial score (nSPS) is 12.9. The van der Waals surface area contributed by atoms with Crippen molar-refractivity contribution in [3.05, 3.63) is 81.8 Å². The predicted octanol–water partition coefficient (Wildman–Crippen LogP) is 2.01. The Balaban J connectivity index is 1.33. The van der Waals surface area contributed by atoms with E-state index >= 15 is 0 Å². The Labute approximate surface area is 188 Å². The van der Waals surface area contributed by atoms with Gasteiger partial charge in [-0.15, -0.1) is 0 Å². The van der Waals surface area contributed by atoms with Gasteiger partial charge in [0.05, 0.1) is 6.20 Å². The summed E-state index contributed by atoms with van der Waals surface area (Å²) in [7, 11) is 1.68. The molecule has 166 valence electrons. The van der Waals surface area contributed by atoms with Crippen LogP contribution in [0.5, 0.6) is 0 Å². The number of aromatic nitrogens is 4. The molecule has 0 saturated carbocycles. The number of nitrogens with one attached hydrogen (secondary N) is 3. The number of rotatable bonds is 4. The molecular formula is C23H21N7O3. The quantitative estimate of drug-likeness (QED) is 0.415. The molecule has 1 aliphatic rings. The van der Waals surface area contributed by atoms with Crippen molar-refractivity contribution in [3.63, 3.8) is 0 Å². The fraction of sp³-hybridized carbons (Fsp3) is 0.174. The van der Waals surface area contributed by atoms with Crippen LogP contribution in [0.15, 0.2) is 59.5 Å². The van der Waals surface area contributed by atoms with Crippen molar-refractivity contribution in [1.82, 2.24) is 25.2 Å². The van der Waals surface area contributed by atoms with Crippen molar-refractivity contribution in [1.29, 1.82) is 0 Å². The topological polar surface area (TPSA) is 125 Å². The molecule has 2 aromatic heterocycles. The Morgan fingerprint density at radius 2 is 1.91 bits per heavy atom. The van der Waals surface area contributed by atoms with Crippen molar-refractivity contribution >= 4 is 34.5 Å². The number of carbonyl (C=O) groups excluding carboxylic acids is 2. The average Bonchev–Trinajstić information content (AvgIpc) is 3.23. The number of amides is 2. The van der Waals surface area contributed by atoms with Gasteiger partial charge >= 0.3 is 0 Å². The van der Waals surface area contributed by atoms with Crippen molar-refractivity contribution in [2.75, 3.05) is 16.9 Å². The minimum absolute atomic E-state index is 0.0593. The van der Waals surface area contributed by atoms with E-state index in [-0.39, 0.29) is 17.4 Å². The molecule has 2 amide bonds. The molecular weight excluding hydrogens is 422 g/mol. The Bertz CT molecular complexity index is 1430. The Morgan fingerprint density at radius 3 is 2.73 bits per heavy atom. The van der Waals surface area contributed by atoms with Gasteiger partial charge in [-0.2, -0.15) is 10.1 Å². The highest BCUT2D eigenvalue weighted by Gasteiger charge is 2.24. The van der Waals surface area contributed by atoms with E-state index in [1.807, 2.05) is 18.2 Å². The van der Waals surface area contributed by atoms with Gasteiger partial charge in [-0.05, 0) is 48.7 Å². The minimum Gasteiger partial charge on any atom is -0.308 e.